The molecular formula is C24H34ClF3N2O4S. The van der Waals surface area contributed by atoms with Gasteiger partial charge in [0.25, 0.3) is 5.92 Å². The van der Waals surface area contributed by atoms with Gasteiger partial charge in [0.05, 0.1) is 30.6 Å². The van der Waals surface area contributed by atoms with Crippen molar-refractivity contribution in [2.45, 2.75) is 89.2 Å². The lowest BCUT2D eigenvalue weighted by Gasteiger charge is -2.41. The number of likely N-dealkylation sites (tertiary alicyclic amines) is 1. The van der Waals surface area contributed by atoms with Gasteiger partial charge in [-0.25, -0.2) is 22.7 Å². The van der Waals surface area contributed by atoms with Crippen molar-refractivity contribution in [1.82, 2.24) is 9.62 Å². The molecule has 1 fully saturated rings. The zero-order valence-corrected chi connectivity index (χ0v) is 22.7. The Morgan fingerprint density at radius 1 is 1.23 bits per heavy atom. The molecule has 1 aromatic rings. The second kappa shape index (κ2) is 10.8. The van der Waals surface area contributed by atoms with E-state index in [1.54, 1.807) is 27.7 Å². The summed E-state index contributed by atoms with van der Waals surface area (Å²) in [6.45, 7) is 10.8. The lowest BCUT2D eigenvalue weighted by Crippen LogP contribution is -2.63. The number of carbonyl (C=O) groups is 2. The molecule has 1 saturated heterocycles. The van der Waals surface area contributed by atoms with Gasteiger partial charge in [0.15, 0.2) is 0 Å². The zero-order valence-electron chi connectivity index (χ0n) is 21.1. The molecule has 1 aromatic carbocycles. The standard InChI is InChI=1S/C24H34ClF3N2O4S/c1-8-33-18(31)13-23(29-35-22(5,6)7)17(12-15-10-9-11-16(25)19(15)26)30(14-24(23,27)28)20(32)34-21(2,3)4/h9-11,17,29H,8,12-14H2,1-7H3. The SMILES string of the molecule is CCOC(=O)CC1(NSC(C)(C)C)C(Cc2cccc(Cl)c2F)N(C(=O)OC(C)(C)C)CC1(F)F. The number of nitrogens with one attached hydrogen (secondary N) is 1. The van der Waals surface area contributed by atoms with Crippen LogP contribution in [0.4, 0.5) is 18.0 Å². The zero-order chi connectivity index (χ0) is 26.8. The van der Waals surface area contributed by atoms with Crippen molar-refractivity contribution in [3.05, 3.63) is 34.6 Å². The molecule has 0 radical (unpaired) electrons. The molecular weight excluding hydrogens is 505 g/mol. The minimum absolute atomic E-state index is 0.00370. The van der Waals surface area contributed by atoms with Gasteiger partial charge in [-0.05, 0) is 66.5 Å². The van der Waals surface area contributed by atoms with Crippen molar-refractivity contribution in [2.75, 3.05) is 13.2 Å². The average Bonchev–Trinajstić information content (AvgIpc) is 2.90. The first kappa shape index (κ1) is 29.6. The molecule has 0 bridgehead atoms. The van der Waals surface area contributed by atoms with E-state index in [-0.39, 0.29) is 23.6 Å². The van der Waals surface area contributed by atoms with Crippen molar-refractivity contribution >= 4 is 35.6 Å². The van der Waals surface area contributed by atoms with Crippen molar-refractivity contribution in [2.24, 2.45) is 0 Å². The highest BCUT2D eigenvalue weighted by molar-refractivity contribution is 7.98. The van der Waals surface area contributed by atoms with Gasteiger partial charge < -0.3 is 9.47 Å². The molecule has 1 aliphatic rings. The number of halogens is 4. The Bertz CT molecular complexity index is 936. The fourth-order valence-corrected chi connectivity index (χ4v) is 4.84. The van der Waals surface area contributed by atoms with E-state index in [9.17, 15) is 14.0 Å². The van der Waals surface area contributed by atoms with Crippen LogP contribution in [-0.2, 0) is 20.7 Å². The van der Waals surface area contributed by atoms with Gasteiger partial charge in [0, 0.05) is 4.75 Å². The fraction of sp³-hybridized carbons (Fsp3) is 0.667. The number of benzene rings is 1. The van der Waals surface area contributed by atoms with E-state index in [4.69, 9.17) is 21.1 Å². The van der Waals surface area contributed by atoms with Gasteiger partial charge in [-0.1, -0.05) is 35.7 Å². The predicted molar refractivity (Wildman–Crippen MR) is 131 cm³/mol. The number of carbonyl (C=O) groups excluding carboxylic acids is 2. The third-order valence-corrected chi connectivity index (χ3v) is 6.68. The summed E-state index contributed by atoms with van der Waals surface area (Å²) in [7, 11) is 0. The van der Waals surface area contributed by atoms with Gasteiger partial charge in [0.1, 0.15) is 17.0 Å². The molecule has 0 spiro atoms. The maximum Gasteiger partial charge on any atom is 0.410 e. The molecule has 0 aliphatic carbocycles. The number of rotatable bonds is 7. The molecule has 2 rings (SSSR count). The molecule has 2 unspecified atom stereocenters. The van der Waals surface area contributed by atoms with Gasteiger partial charge in [-0.3, -0.25) is 9.69 Å². The first-order valence-electron chi connectivity index (χ1n) is 11.3. The molecule has 35 heavy (non-hydrogen) atoms. The minimum atomic E-state index is -3.59. The maximum atomic E-state index is 16.0. The van der Waals surface area contributed by atoms with Gasteiger partial charge >= 0.3 is 12.1 Å². The summed E-state index contributed by atoms with van der Waals surface area (Å²) in [5.41, 5.74) is -3.20. The monoisotopic (exact) mass is 538 g/mol. The fourth-order valence-electron chi connectivity index (χ4n) is 3.80. The largest absolute Gasteiger partial charge is 0.466 e. The van der Waals surface area contributed by atoms with Crippen LogP contribution in [0.1, 0.15) is 60.5 Å². The predicted octanol–water partition coefficient (Wildman–Crippen LogP) is 6.00. The Kier molecular flexibility index (Phi) is 9.10. The molecule has 1 N–H and O–H groups in total. The average molecular weight is 539 g/mol. The Morgan fingerprint density at radius 3 is 2.40 bits per heavy atom. The normalized spacial score (nSPS) is 22.3. The van der Waals surface area contributed by atoms with E-state index >= 15 is 8.78 Å². The summed E-state index contributed by atoms with van der Waals surface area (Å²) in [5.74, 6) is -5.23. The van der Waals surface area contributed by atoms with Crippen LogP contribution in [0, 0.1) is 5.82 Å². The third-order valence-electron chi connectivity index (χ3n) is 5.31. The summed E-state index contributed by atoms with van der Waals surface area (Å²) in [4.78, 5) is 26.6. The van der Waals surface area contributed by atoms with Crippen LogP contribution in [0.2, 0.25) is 5.02 Å². The molecule has 198 valence electrons. The van der Waals surface area contributed by atoms with Crippen LogP contribution in [0.25, 0.3) is 0 Å². The molecule has 0 saturated carbocycles. The van der Waals surface area contributed by atoms with E-state index in [2.05, 4.69) is 4.72 Å². The highest BCUT2D eigenvalue weighted by Gasteiger charge is 2.68. The molecule has 11 heteroatoms. The van der Waals surface area contributed by atoms with E-state index < -0.39 is 58.7 Å². The Hall–Kier alpha value is -1.65. The smallest absolute Gasteiger partial charge is 0.410 e. The van der Waals surface area contributed by atoms with Crippen LogP contribution in [0.3, 0.4) is 0 Å². The molecule has 2 atom stereocenters. The lowest BCUT2D eigenvalue weighted by molar-refractivity contribution is -0.149. The van der Waals surface area contributed by atoms with Crippen molar-refractivity contribution in [3.8, 4) is 0 Å². The summed E-state index contributed by atoms with van der Waals surface area (Å²) in [5, 5.41) is -0.177. The summed E-state index contributed by atoms with van der Waals surface area (Å²) >= 11 is 6.94. The van der Waals surface area contributed by atoms with Gasteiger partial charge in [-0.15, -0.1) is 0 Å². The van der Waals surface area contributed by atoms with Crippen LogP contribution in [-0.4, -0.2) is 58.0 Å². The van der Waals surface area contributed by atoms with Gasteiger partial charge in [-0.2, -0.15) is 0 Å². The topological polar surface area (TPSA) is 67.9 Å². The molecule has 0 aromatic heterocycles. The molecule has 6 nitrogen and oxygen atoms in total. The van der Waals surface area contributed by atoms with Crippen LogP contribution < -0.4 is 4.72 Å². The number of alkyl halides is 2. The first-order valence-corrected chi connectivity index (χ1v) is 12.5. The van der Waals surface area contributed by atoms with Crippen molar-refractivity contribution in [3.63, 3.8) is 0 Å². The Balaban J connectivity index is 2.67. The number of amides is 1. The van der Waals surface area contributed by atoms with Crippen molar-refractivity contribution < 1.29 is 32.2 Å². The molecule has 1 amide bonds. The van der Waals surface area contributed by atoms with E-state index in [1.165, 1.54) is 18.2 Å². The number of esters is 1. The molecule has 1 heterocycles. The maximum absolute atomic E-state index is 16.0. The number of ether oxygens (including phenoxy) is 2. The summed E-state index contributed by atoms with van der Waals surface area (Å²) < 4.78 is 59.5. The Labute approximate surface area is 214 Å². The summed E-state index contributed by atoms with van der Waals surface area (Å²) in [6.07, 6.45) is -2.07. The second-order valence-electron chi connectivity index (χ2n) is 10.5. The second-order valence-corrected chi connectivity index (χ2v) is 12.6. The number of hydrogen-bond acceptors (Lipinski definition) is 6. The van der Waals surface area contributed by atoms with Crippen LogP contribution in [0.15, 0.2) is 18.2 Å². The third kappa shape index (κ3) is 7.20. The van der Waals surface area contributed by atoms with Gasteiger partial charge in [0.2, 0.25) is 0 Å². The minimum Gasteiger partial charge on any atom is -0.466 e. The quantitative estimate of drug-likeness (QED) is 0.339. The van der Waals surface area contributed by atoms with Crippen molar-refractivity contribution in [1.29, 1.82) is 0 Å². The first-order chi connectivity index (χ1) is 15.9. The highest BCUT2D eigenvalue weighted by Crippen LogP contribution is 2.48. The lowest BCUT2D eigenvalue weighted by atomic mass is 9.81. The summed E-state index contributed by atoms with van der Waals surface area (Å²) in [6, 6.07) is 2.89. The number of nitrogens with zero attached hydrogens (tertiary/aromatic N) is 1. The van der Waals surface area contributed by atoms with E-state index in [0.717, 1.165) is 16.8 Å². The van der Waals surface area contributed by atoms with E-state index in [0.29, 0.717) is 0 Å². The Morgan fingerprint density at radius 2 is 1.86 bits per heavy atom. The number of hydrogen-bond donors (Lipinski definition) is 1. The van der Waals surface area contributed by atoms with Crippen LogP contribution >= 0.6 is 23.5 Å². The molecule has 1 aliphatic heterocycles. The highest BCUT2D eigenvalue weighted by atomic mass is 35.5. The van der Waals surface area contributed by atoms with Crippen LogP contribution in [0.5, 0.6) is 0 Å². The van der Waals surface area contributed by atoms with E-state index in [1.807, 2.05) is 20.8 Å².